The molecule has 0 aliphatic carbocycles. The molecule has 1 aromatic heterocycles. The maximum Gasteiger partial charge on any atom is 0.408 e. The first-order chi connectivity index (χ1) is 19.0. The van der Waals surface area contributed by atoms with Crippen LogP contribution in [0.15, 0.2) is 53.1 Å². The number of aliphatic carboxylic acids is 1. The van der Waals surface area contributed by atoms with Crippen LogP contribution in [0.2, 0.25) is 5.02 Å². The lowest BCUT2D eigenvalue weighted by Crippen LogP contribution is -2.65. The quantitative estimate of drug-likeness (QED) is 0.411. The minimum absolute atomic E-state index is 0.00388. The number of halogens is 3. The molecule has 0 radical (unpaired) electrons. The second-order valence-electron chi connectivity index (χ2n) is 9.40. The Morgan fingerprint density at radius 2 is 1.80 bits per heavy atom. The Morgan fingerprint density at radius 1 is 1.10 bits per heavy atom. The monoisotopic (exact) mass is 573 g/mol. The summed E-state index contributed by atoms with van der Waals surface area (Å²) in [6.45, 7) is 1.36. The minimum atomic E-state index is -1.25. The molecule has 40 heavy (non-hydrogen) atoms. The van der Waals surface area contributed by atoms with Gasteiger partial charge in [0.2, 0.25) is 5.91 Å². The van der Waals surface area contributed by atoms with Crippen molar-refractivity contribution in [3.05, 3.63) is 76.5 Å². The van der Waals surface area contributed by atoms with E-state index in [-0.39, 0.29) is 42.6 Å². The highest BCUT2D eigenvalue weighted by molar-refractivity contribution is 6.33. The van der Waals surface area contributed by atoms with Crippen LogP contribution < -0.4 is 4.74 Å². The van der Waals surface area contributed by atoms with Gasteiger partial charge in [0.25, 0.3) is 0 Å². The highest BCUT2D eigenvalue weighted by atomic mass is 35.5. The molecule has 1 fully saturated rings. The summed E-state index contributed by atoms with van der Waals surface area (Å²) < 4.78 is 38.8. The van der Waals surface area contributed by atoms with Gasteiger partial charge in [-0.25, -0.2) is 13.6 Å². The highest BCUT2D eigenvalue weighted by Crippen LogP contribution is 2.39. The van der Waals surface area contributed by atoms with E-state index in [1.807, 2.05) is 0 Å². The van der Waals surface area contributed by atoms with Crippen LogP contribution in [0.3, 0.4) is 0 Å². The SMILES string of the molecule is CC(=O)N1C[C@H]2C=C(c3ccc(OCc4cc(-c5c(F)ccc(F)c5Cl)no4)cc3)C(C(=O)O)[C@@H](C1)N2C(=O)O. The molecular weight excluding hydrogens is 552 g/mol. The van der Waals surface area contributed by atoms with Gasteiger partial charge in [0, 0.05) is 26.1 Å². The molecule has 3 aromatic rings. The number of nitrogens with zero attached hydrogens (tertiary/aromatic N) is 3. The molecule has 0 saturated carbocycles. The minimum Gasteiger partial charge on any atom is -0.486 e. The summed E-state index contributed by atoms with van der Waals surface area (Å²) >= 11 is 5.88. The number of benzene rings is 2. The van der Waals surface area contributed by atoms with Crippen LogP contribution in [0.4, 0.5) is 13.6 Å². The molecule has 2 aliphatic rings. The van der Waals surface area contributed by atoms with Gasteiger partial charge in [-0.15, -0.1) is 0 Å². The molecule has 2 amide bonds. The van der Waals surface area contributed by atoms with Gasteiger partial charge in [0.05, 0.1) is 22.7 Å². The van der Waals surface area contributed by atoms with Crippen molar-refractivity contribution in [2.24, 2.45) is 5.92 Å². The van der Waals surface area contributed by atoms with Crippen molar-refractivity contribution in [1.29, 1.82) is 0 Å². The lowest BCUT2D eigenvalue weighted by molar-refractivity contribution is -0.145. The van der Waals surface area contributed by atoms with E-state index in [2.05, 4.69) is 5.16 Å². The average Bonchev–Trinajstić information content (AvgIpc) is 3.37. The molecular formula is C27H22ClF2N3O7. The zero-order chi connectivity index (χ0) is 28.7. The molecule has 13 heteroatoms. The predicted molar refractivity (Wildman–Crippen MR) is 136 cm³/mol. The standard InChI is InChI=1S/C27H22ClF2N3O7/c1-13(34)32-10-15-8-18(23(26(35)36)22(11-32)33(15)27(37)38)14-2-4-16(5-3-14)39-12-17-9-21(31-40-17)24-19(29)6-7-20(30)25(24)28/h2-9,15,22-23H,10-12H2,1H3,(H,35,36)(H,37,38)/t15-,22-,23?/m1/s1. The van der Waals surface area contributed by atoms with Crippen molar-refractivity contribution in [1.82, 2.24) is 15.0 Å². The number of hydrogen-bond donors (Lipinski definition) is 2. The van der Waals surface area contributed by atoms with E-state index in [0.29, 0.717) is 16.9 Å². The van der Waals surface area contributed by atoms with Crippen LogP contribution in [-0.4, -0.2) is 68.3 Å². The van der Waals surface area contributed by atoms with Gasteiger partial charge < -0.3 is 24.4 Å². The number of piperazine rings is 1. The summed E-state index contributed by atoms with van der Waals surface area (Å²) in [4.78, 5) is 38.8. The normalized spacial score (nSPS) is 20.2. The molecule has 1 unspecified atom stereocenters. The number of carbonyl (C=O) groups is 3. The molecule has 10 nitrogen and oxygen atoms in total. The largest absolute Gasteiger partial charge is 0.486 e. The molecule has 3 heterocycles. The van der Waals surface area contributed by atoms with Crippen LogP contribution in [0, 0.1) is 17.6 Å². The number of carboxylic acids is 1. The molecule has 1 saturated heterocycles. The van der Waals surface area contributed by atoms with Gasteiger partial charge in [-0.05, 0) is 35.4 Å². The molecule has 2 aliphatic heterocycles. The number of aromatic nitrogens is 1. The highest BCUT2D eigenvalue weighted by Gasteiger charge is 2.49. The third kappa shape index (κ3) is 4.97. The number of fused-ring (bicyclic) bond motifs is 2. The van der Waals surface area contributed by atoms with Crippen molar-refractivity contribution < 1.29 is 42.6 Å². The first kappa shape index (κ1) is 27.1. The fourth-order valence-corrected chi connectivity index (χ4v) is 5.39. The Hall–Kier alpha value is -4.45. The van der Waals surface area contributed by atoms with Crippen LogP contribution in [0.1, 0.15) is 18.2 Å². The first-order valence-electron chi connectivity index (χ1n) is 12.1. The number of carbonyl (C=O) groups excluding carboxylic acids is 1. The van der Waals surface area contributed by atoms with Crippen molar-refractivity contribution >= 4 is 35.1 Å². The average molecular weight is 574 g/mol. The molecule has 2 bridgehead atoms. The topological polar surface area (TPSA) is 133 Å². The summed E-state index contributed by atoms with van der Waals surface area (Å²) in [6, 6.07) is 8.09. The van der Waals surface area contributed by atoms with Gasteiger partial charge in [-0.3, -0.25) is 14.5 Å². The number of rotatable bonds is 6. The Morgan fingerprint density at radius 3 is 2.45 bits per heavy atom. The first-order valence-corrected chi connectivity index (χ1v) is 12.5. The summed E-state index contributed by atoms with van der Waals surface area (Å²) in [5, 5.41) is 23.1. The number of ether oxygens (including phenoxy) is 1. The van der Waals surface area contributed by atoms with Crippen LogP contribution in [-0.2, 0) is 16.2 Å². The van der Waals surface area contributed by atoms with Crippen molar-refractivity contribution in [2.45, 2.75) is 25.6 Å². The second-order valence-corrected chi connectivity index (χ2v) is 9.77. The zero-order valence-electron chi connectivity index (χ0n) is 20.9. The molecule has 208 valence electrons. The summed E-state index contributed by atoms with van der Waals surface area (Å²) in [6.07, 6.45) is 0.336. The third-order valence-electron chi connectivity index (χ3n) is 6.98. The molecule has 3 atom stereocenters. The van der Waals surface area contributed by atoms with E-state index in [0.717, 1.165) is 17.0 Å². The van der Waals surface area contributed by atoms with E-state index < -0.39 is 46.7 Å². The summed E-state index contributed by atoms with van der Waals surface area (Å²) in [5.41, 5.74) is 0.787. The third-order valence-corrected chi connectivity index (χ3v) is 7.35. The Labute approximate surface area is 231 Å². The maximum atomic E-state index is 14.2. The lowest BCUT2D eigenvalue weighted by atomic mass is 9.79. The Balaban J connectivity index is 1.34. The smallest absolute Gasteiger partial charge is 0.408 e. The van der Waals surface area contributed by atoms with Gasteiger partial charge in [-0.1, -0.05) is 35.0 Å². The van der Waals surface area contributed by atoms with Crippen LogP contribution in [0.25, 0.3) is 16.8 Å². The summed E-state index contributed by atoms with van der Waals surface area (Å²) in [7, 11) is 0. The lowest BCUT2D eigenvalue weighted by Gasteiger charge is -2.49. The van der Waals surface area contributed by atoms with E-state index in [1.54, 1.807) is 30.3 Å². The van der Waals surface area contributed by atoms with Crippen molar-refractivity contribution in [2.75, 3.05) is 13.1 Å². The number of carboxylic acid groups (broad SMARTS) is 2. The van der Waals surface area contributed by atoms with E-state index >= 15 is 0 Å². The van der Waals surface area contributed by atoms with Crippen LogP contribution >= 0.6 is 11.6 Å². The van der Waals surface area contributed by atoms with Crippen LogP contribution in [0.5, 0.6) is 5.75 Å². The van der Waals surface area contributed by atoms with Gasteiger partial charge in [0.15, 0.2) is 5.76 Å². The molecule has 2 N–H and O–H groups in total. The molecule has 0 spiro atoms. The molecule has 2 aromatic carbocycles. The van der Waals surface area contributed by atoms with E-state index in [4.69, 9.17) is 20.9 Å². The fraction of sp³-hybridized carbons (Fsp3) is 0.259. The second kappa shape index (κ2) is 10.6. The summed E-state index contributed by atoms with van der Waals surface area (Å²) in [5.74, 6) is -3.60. The zero-order valence-corrected chi connectivity index (χ0v) is 21.6. The van der Waals surface area contributed by atoms with E-state index in [9.17, 15) is 33.4 Å². The maximum absolute atomic E-state index is 14.2. The number of hydrogen-bond acceptors (Lipinski definition) is 6. The van der Waals surface area contributed by atoms with Crippen molar-refractivity contribution in [3.8, 4) is 17.0 Å². The number of amides is 2. The van der Waals surface area contributed by atoms with Gasteiger partial charge in [-0.2, -0.15) is 0 Å². The Bertz CT molecular complexity index is 1520. The van der Waals surface area contributed by atoms with Gasteiger partial charge in [0.1, 0.15) is 35.6 Å². The predicted octanol–water partition coefficient (Wildman–Crippen LogP) is 4.53. The van der Waals surface area contributed by atoms with Gasteiger partial charge >= 0.3 is 12.1 Å². The fourth-order valence-electron chi connectivity index (χ4n) is 5.14. The van der Waals surface area contributed by atoms with E-state index in [1.165, 1.54) is 17.9 Å². The molecule has 5 rings (SSSR count). The van der Waals surface area contributed by atoms with Crippen molar-refractivity contribution in [3.63, 3.8) is 0 Å². The Kier molecular flexibility index (Phi) is 7.19.